The van der Waals surface area contributed by atoms with Crippen molar-refractivity contribution in [1.29, 1.82) is 0 Å². The molecule has 1 rings (SSSR count). The van der Waals surface area contributed by atoms with Gasteiger partial charge in [-0.15, -0.1) is 0 Å². The third kappa shape index (κ3) is 4.81. The first-order valence-electron chi connectivity index (χ1n) is 6.64. The zero-order chi connectivity index (χ0) is 11.8. The lowest BCUT2D eigenvalue weighted by Crippen LogP contribution is -2.30. The van der Waals surface area contributed by atoms with Crippen molar-refractivity contribution in [3.8, 4) is 0 Å². The van der Waals surface area contributed by atoms with E-state index in [2.05, 4.69) is 19.3 Å². The summed E-state index contributed by atoms with van der Waals surface area (Å²) < 4.78 is 11.1. The third-order valence-corrected chi connectivity index (χ3v) is 3.48. The number of ether oxygens (including phenoxy) is 2. The van der Waals surface area contributed by atoms with Gasteiger partial charge in [-0.25, -0.2) is 0 Å². The Morgan fingerprint density at radius 1 is 1.38 bits per heavy atom. The van der Waals surface area contributed by atoms with Crippen molar-refractivity contribution in [2.24, 2.45) is 5.92 Å². The highest BCUT2D eigenvalue weighted by atomic mass is 16.5. The van der Waals surface area contributed by atoms with E-state index in [0.717, 1.165) is 25.7 Å². The molecule has 3 atom stereocenters. The summed E-state index contributed by atoms with van der Waals surface area (Å²) in [5, 5.41) is 3.41. The molecule has 0 spiro atoms. The molecule has 0 bridgehead atoms. The highest BCUT2D eigenvalue weighted by Gasteiger charge is 2.25. The zero-order valence-electron chi connectivity index (χ0n) is 11.0. The first kappa shape index (κ1) is 13.9. The highest BCUT2D eigenvalue weighted by molar-refractivity contribution is 4.81. The molecule has 1 saturated carbocycles. The summed E-state index contributed by atoms with van der Waals surface area (Å²) in [4.78, 5) is 0. The van der Waals surface area contributed by atoms with E-state index in [4.69, 9.17) is 9.47 Å². The normalized spacial score (nSPS) is 27.2. The molecule has 3 unspecified atom stereocenters. The van der Waals surface area contributed by atoms with Crippen LogP contribution in [0.1, 0.15) is 39.5 Å². The van der Waals surface area contributed by atoms with Gasteiger partial charge in [0.2, 0.25) is 0 Å². The quantitative estimate of drug-likeness (QED) is 0.692. The van der Waals surface area contributed by atoms with E-state index in [1.807, 2.05) is 6.92 Å². The first-order valence-corrected chi connectivity index (χ1v) is 6.64. The maximum absolute atomic E-state index is 5.75. The van der Waals surface area contributed by atoms with Gasteiger partial charge < -0.3 is 14.8 Å². The SMILES string of the molecule is CCOCC(C)OCCC1CCCC1NC. The molecule has 0 aromatic carbocycles. The fourth-order valence-corrected chi connectivity index (χ4v) is 2.51. The van der Waals surface area contributed by atoms with Gasteiger partial charge in [-0.2, -0.15) is 0 Å². The minimum Gasteiger partial charge on any atom is -0.379 e. The molecule has 0 aliphatic heterocycles. The Kier molecular flexibility index (Phi) is 7.01. The van der Waals surface area contributed by atoms with E-state index in [0.29, 0.717) is 6.04 Å². The van der Waals surface area contributed by atoms with Crippen LogP contribution in [-0.4, -0.2) is 39.0 Å². The van der Waals surface area contributed by atoms with Crippen molar-refractivity contribution in [3.63, 3.8) is 0 Å². The van der Waals surface area contributed by atoms with Gasteiger partial charge in [-0.3, -0.25) is 0 Å². The van der Waals surface area contributed by atoms with E-state index in [9.17, 15) is 0 Å². The molecule has 1 aliphatic rings. The molecule has 3 heteroatoms. The zero-order valence-corrected chi connectivity index (χ0v) is 11.0. The fraction of sp³-hybridized carbons (Fsp3) is 1.00. The van der Waals surface area contributed by atoms with E-state index in [1.165, 1.54) is 25.7 Å². The summed E-state index contributed by atoms with van der Waals surface area (Å²) in [5.74, 6) is 0.810. The lowest BCUT2D eigenvalue weighted by Gasteiger charge is -2.20. The lowest BCUT2D eigenvalue weighted by molar-refractivity contribution is -0.00827. The summed E-state index contributed by atoms with van der Waals surface area (Å²) in [5.41, 5.74) is 0. The molecule has 0 amide bonds. The van der Waals surface area contributed by atoms with Crippen LogP contribution in [0, 0.1) is 5.92 Å². The molecule has 1 aliphatic carbocycles. The summed E-state index contributed by atoms with van der Waals surface area (Å²) in [7, 11) is 2.07. The fourth-order valence-electron chi connectivity index (χ4n) is 2.51. The summed E-state index contributed by atoms with van der Waals surface area (Å²) >= 11 is 0. The van der Waals surface area contributed by atoms with Gasteiger partial charge in [0, 0.05) is 19.3 Å². The molecule has 0 saturated heterocycles. The standard InChI is InChI=1S/C13H27NO2/c1-4-15-10-11(2)16-9-8-12-6-5-7-13(12)14-3/h11-14H,4-10H2,1-3H3. The van der Waals surface area contributed by atoms with E-state index in [1.54, 1.807) is 0 Å². The van der Waals surface area contributed by atoms with Crippen molar-refractivity contribution in [2.45, 2.75) is 51.7 Å². The molecule has 0 aromatic rings. The van der Waals surface area contributed by atoms with E-state index in [-0.39, 0.29) is 6.10 Å². The molecule has 16 heavy (non-hydrogen) atoms. The van der Waals surface area contributed by atoms with Crippen molar-refractivity contribution < 1.29 is 9.47 Å². The Bertz CT molecular complexity index is 175. The molecule has 3 nitrogen and oxygen atoms in total. The molecular formula is C13H27NO2. The molecule has 96 valence electrons. The molecular weight excluding hydrogens is 202 g/mol. The molecule has 1 fully saturated rings. The van der Waals surface area contributed by atoms with E-state index >= 15 is 0 Å². The van der Waals surface area contributed by atoms with Gasteiger partial charge in [0.15, 0.2) is 0 Å². The molecule has 1 N–H and O–H groups in total. The maximum atomic E-state index is 5.75. The summed E-state index contributed by atoms with van der Waals surface area (Å²) in [6.07, 6.45) is 5.46. The van der Waals surface area contributed by atoms with Crippen LogP contribution in [0.3, 0.4) is 0 Å². The summed E-state index contributed by atoms with van der Waals surface area (Å²) in [6.45, 7) is 6.47. The Morgan fingerprint density at radius 2 is 2.19 bits per heavy atom. The number of hydrogen-bond donors (Lipinski definition) is 1. The topological polar surface area (TPSA) is 30.5 Å². The van der Waals surface area contributed by atoms with Crippen molar-refractivity contribution in [1.82, 2.24) is 5.32 Å². The Hall–Kier alpha value is -0.120. The van der Waals surface area contributed by atoms with Crippen LogP contribution in [0.5, 0.6) is 0 Å². The van der Waals surface area contributed by atoms with Crippen molar-refractivity contribution in [3.05, 3.63) is 0 Å². The smallest absolute Gasteiger partial charge is 0.0780 e. The van der Waals surface area contributed by atoms with Crippen LogP contribution in [0.15, 0.2) is 0 Å². The average Bonchev–Trinajstić information content (AvgIpc) is 2.74. The minimum atomic E-state index is 0.231. The van der Waals surface area contributed by atoms with Crippen LogP contribution in [0.2, 0.25) is 0 Å². The predicted octanol–water partition coefficient (Wildman–Crippen LogP) is 2.21. The van der Waals surface area contributed by atoms with Gasteiger partial charge in [0.05, 0.1) is 12.7 Å². The van der Waals surface area contributed by atoms with Crippen molar-refractivity contribution in [2.75, 3.05) is 26.9 Å². The van der Waals surface area contributed by atoms with Crippen LogP contribution in [0.25, 0.3) is 0 Å². The van der Waals surface area contributed by atoms with Gasteiger partial charge in [0.1, 0.15) is 0 Å². The second-order valence-corrected chi connectivity index (χ2v) is 4.72. The van der Waals surface area contributed by atoms with Crippen LogP contribution in [0.4, 0.5) is 0 Å². The van der Waals surface area contributed by atoms with E-state index < -0.39 is 0 Å². The monoisotopic (exact) mass is 229 g/mol. The molecule has 0 heterocycles. The lowest BCUT2D eigenvalue weighted by atomic mass is 10.0. The van der Waals surface area contributed by atoms with Crippen LogP contribution >= 0.6 is 0 Å². The largest absolute Gasteiger partial charge is 0.379 e. The van der Waals surface area contributed by atoms with Gasteiger partial charge >= 0.3 is 0 Å². The van der Waals surface area contributed by atoms with Crippen LogP contribution < -0.4 is 5.32 Å². The number of nitrogens with one attached hydrogen (secondary N) is 1. The predicted molar refractivity (Wildman–Crippen MR) is 66.7 cm³/mol. The third-order valence-electron chi connectivity index (χ3n) is 3.48. The molecule has 0 aromatic heterocycles. The second kappa shape index (κ2) is 8.04. The van der Waals surface area contributed by atoms with Gasteiger partial charge in [-0.1, -0.05) is 6.42 Å². The van der Waals surface area contributed by atoms with Crippen LogP contribution in [-0.2, 0) is 9.47 Å². The average molecular weight is 229 g/mol. The maximum Gasteiger partial charge on any atom is 0.0780 e. The summed E-state index contributed by atoms with van der Waals surface area (Å²) in [6, 6.07) is 0.714. The Balaban J connectivity index is 2.05. The highest BCUT2D eigenvalue weighted by Crippen LogP contribution is 2.28. The number of rotatable bonds is 8. The Morgan fingerprint density at radius 3 is 2.88 bits per heavy atom. The minimum absolute atomic E-state index is 0.231. The first-order chi connectivity index (χ1) is 7.77. The number of hydrogen-bond acceptors (Lipinski definition) is 3. The Labute approximate surface area is 99.9 Å². The van der Waals surface area contributed by atoms with Gasteiger partial charge in [0.25, 0.3) is 0 Å². The molecule has 0 radical (unpaired) electrons. The van der Waals surface area contributed by atoms with Crippen molar-refractivity contribution >= 4 is 0 Å². The van der Waals surface area contributed by atoms with Gasteiger partial charge in [-0.05, 0) is 46.1 Å². The second-order valence-electron chi connectivity index (χ2n) is 4.72.